The van der Waals surface area contributed by atoms with Crippen LogP contribution in [0, 0.1) is 12.8 Å². The van der Waals surface area contributed by atoms with Crippen LogP contribution in [0.1, 0.15) is 41.3 Å². The van der Waals surface area contributed by atoms with Crippen LogP contribution in [-0.4, -0.2) is 40.5 Å². The van der Waals surface area contributed by atoms with Crippen LogP contribution in [0.5, 0.6) is 0 Å². The summed E-state index contributed by atoms with van der Waals surface area (Å²) in [6, 6.07) is 9.54. The Morgan fingerprint density at radius 3 is 2.91 bits per heavy atom. The number of carbonyl (C=O) groups excluding carboxylic acids is 1. The van der Waals surface area contributed by atoms with E-state index in [1.807, 2.05) is 37.3 Å². The molecule has 1 aliphatic heterocycles. The van der Waals surface area contributed by atoms with Crippen molar-refractivity contribution in [3.05, 3.63) is 47.6 Å². The van der Waals surface area contributed by atoms with E-state index in [0.29, 0.717) is 18.2 Å². The predicted molar refractivity (Wildman–Crippen MR) is 87.3 cm³/mol. The minimum atomic E-state index is 0.224. The summed E-state index contributed by atoms with van der Waals surface area (Å²) in [7, 11) is 0. The maximum atomic E-state index is 12.2. The smallest absolute Gasteiger partial charge is 0.223 e. The Labute approximate surface area is 136 Å². The van der Waals surface area contributed by atoms with Crippen molar-refractivity contribution in [1.29, 1.82) is 0 Å². The first-order valence-electron chi connectivity index (χ1n) is 8.30. The third-order valence-electron chi connectivity index (χ3n) is 4.39. The molecular weight excluding hydrogens is 290 g/mol. The summed E-state index contributed by atoms with van der Waals surface area (Å²) in [5.41, 5.74) is 0.809. The molecule has 5 heteroatoms. The average Bonchev–Trinajstić information content (AvgIpc) is 2.99. The molecule has 1 atom stereocenters. The molecule has 0 saturated carbocycles. The number of ketones is 1. The minimum absolute atomic E-state index is 0.224. The van der Waals surface area contributed by atoms with Gasteiger partial charge in [-0.3, -0.25) is 4.79 Å². The van der Waals surface area contributed by atoms with E-state index in [4.69, 9.17) is 4.52 Å². The molecule has 1 aromatic carbocycles. The molecule has 1 fully saturated rings. The van der Waals surface area contributed by atoms with E-state index in [-0.39, 0.29) is 5.78 Å². The number of hydrogen-bond donors (Lipinski definition) is 0. The van der Waals surface area contributed by atoms with Gasteiger partial charge in [0.05, 0.1) is 0 Å². The fraction of sp³-hybridized carbons (Fsp3) is 0.500. The average molecular weight is 313 g/mol. The summed E-state index contributed by atoms with van der Waals surface area (Å²) < 4.78 is 5.04. The molecule has 2 aromatic rings. The molecule has 1 saturated heterocycles. The van der Waals surface area contributed by atoms with Crippen molar-refractivity contribution in [3.63, 3.8) is 0 Å². The van der Waals surface area contributed by atoms with Crippen LogP contribution < -0.4 is 0 Å². The Morgan fingerprint density at radius 2 is 2.17 bits per heavy atom. The Hall–Kier alpha value is -2.01. The van der Waals surface area contributed by atoms with Crippen molar-refractivity contribution < 1.29 is 9.32 Å². The van der Waals surface area contributed by atoms with E-state index >= 15 is 0 Å². The van der Waals surface area contributed by atoms with Gasteiger partial charge in [-0.2, -0.15) is 4.98 Å². The largest absolute Gasteiger partial charge is 0.340 e. The standard InChI is InChI=1S/C18H23N3O2/c1-14-19-18(20-23-14)12-15-6-5-10-21(13-15)11-9-17(22)16-7-3-2-4-8-16/h2-4,7-8,15H,5-6,9-13H2,1H3. The number of hydrogen-bond acceptors (Lipinski definition) is 5. The third kappa shape index (κ3) is 4.48. The van der Waals surface area contributed by atoms with Gasteiger partial charge >= 0.3 is 0 Å². The Bertz CT molecular complexity index is 639. The Kier molecular flexibility index (Phi) is 5.18. The van der Waals surface area contributed by atoms with Crippen LogP contribution in [0.3, 0.4) is 0 Å². The van der Waals surface area contributed by atoms with Crippen molar-refractivity contribution >= 4 is 5.78 Å². The lowest BCUT2D eigenvalue weighted by Gasteiger charge is -2.32. The highest BCUT2D eigenvalue weighted by molar-refractivity contribution is 5.96. The Morgan fingerprint density at radius 1 is 1.35 bits per heavy atom. The van der Waals surface area contributed by atoms with Gasteiger partial charge in [-0.15, -0.1) is 0 Å². The van der Waals surface area contributed by atoms with E-state index in [0.717, 1.165) is 37.4 Å². The maximum absolute atomic E-state index is 12.2. The normalized spacial score (nSPS) is 18.9. The first-order chi connectivity index (χ1) is 11.2. The molecule has 2 heterocycles. The fourth-order valence-electron chi connectivity index (χ4n) is 3.23. The van der Waals surface area contributed by atoms with Crippen molar-refractivity contribution in [2.24, 2.45) is 5.92 Å². The van der Waals surface area contributed by atoms with Crippen LogP contribution in [0.25, 0.3) is 0 Å². The number of nitrogens with zero attached hydrogens (tertiary/aromatic N) is 3. The van der Waals surface area contributed by atoms with Gasteiger partial charge in [0.2, 0.25) is 5.89 Å². The molecule has 23 heavy (non-hydrogen) atoms. The van der Waals surface area contributed by atoms with E-state index in [2.05, 4.69) is 15.0 Å². The highest BCUT2D eigenvalue weighted by atomic mass is 16.5. The quantitative estimate of drug-likeness (QED) is 0.767. The van der Waals surface area contributed by atoms with Crippen molar-refractivity contribution in [1.82, 2.24) is 15.0 Å². The van der Waals surface area contributed by atoms with Crippen molar-refractivity contribution in [2.75, 3.05) is 19.6 Å². The molecule has 0 bridgehead atoms. The highest BCUT2D eigenvalue weighted by Gasteiger charge is 2.22. The monoisotopic (exact) mass is 313 g/mol. The van der Waals surface area contributed by atoms with E-state index in [9.17, 15) is 4.79 Å². The second kappa shape index (κ2) is 7.51. The van der Waals surface area contributed by atoms with Gasteiger partial charge in [0.15, 0.2) is 11.6 Å². The molecular formula is C18H23N3O2. The van der Waals surface area contributed by atoms with Gasteiger partial charge in [-0.05, 0) is 25.3 Å². The lowest BCUT2D eigenvalue weighted by Crippen LogP contribution is -2.37. The minimum Gasteiger partial charge on any atom is -0.340 e. The van der Waals surface area contributed by atoms with E-state index < -0.39 is 0 Å². The fourth-order valence-corrected chi connectivity index (χ4v) is 3.23. The second-order valence-electron chi connectivity index (χ2n) is 6.28. The maximum Gasteiger partial charge on any atom is 0.223 e. The summed E-state index contributed by atoms with van der Waals surface area (Å²) >= 11 is 0. The van der Waals surface area contributed by atoms with Crippen molar-refractivity contribution in [3.8, 4) is 0 Å². The number of rotatable bonds is 6. The summed E-state index contributed by atoms with van der Waals surface area (Å²) in [6.45, 7) is 4.73. The Balaban J connectivity index is 1.48. The van der Waals surface area contributed by atoms with Gasteiger partial charge in [0, 0.05) is 38.4 Å². The first kappa shape index (κ1) is 15.9. The molecule has 1 aliphatic rings. The highest BCUT2D eigenvalue weighted by Crippen LogP contribution is 2.20. The number of aryl methyl sites for hydroxylation is 1. The molecule has 0 spiro atoms. The predicted octanol–water partition coefficient (Wildman–Crippen LogP) is 2.91. The number of aromatic nitrogens is 2. The first-order valence-corrected chi connectivity index (χ1v) is 8.30. The van der Waals surface area contributed by atoms with Gasteiger partial charge in [0.25, 0.3) is 0 Å². The number of piperidine rings is 1. The zero-order valence-corrected chi connectivity index (χ0v) is 13.6. The zero-order chi connectivity index (χ0) is 16.1. The van der Waals surface area contributed by atoms with Gasteiger partial charge in [0.1, 0.15) is 0 Å². The molecule has 1 unspecified atom stereocenters. The number of Topliss-reactive ketones (excluding diaryl/α,β-unsaturated/α-hetero) is 1. The summed E-state index contributed by atoms with van der Waals surface area (Å²) in [4.78, 5) is 18.9. The molecule has 0 radical (unpaired) electrons. The van der Waals surface area contributed by atoms with Crippen LogP contribution in [0.4, 0.5) is 0 Å². The molecule has 5 nitrogen and oxygen atoms in total. The van der Waals surface area contributed by atoms with Gasteiger partial charge in [-0.1, -0.05) is 35.5 Å². The number of benzene rings is 1. The summed E-state index contributed by atoms with van der Waals surface area (Å²) in [6.07, 6.45) is 3.80. The summed E-state index contributed by atoms with van der Waals surface area (Å²) in [5, 5.41) is 3.99. The van der Waals surface area contributed by atoms with Crippen molar-refractivity contribution in [2.45, 2.75) is 32.6 Å². The van der Waals surface area contributed by atoms with Crippen LogP contribution in [0.15, 0.2) is 34.9 Å². The van der Waals surface area contributed by atoms with Gasteiger partial charge < -0.3 is 9.42 Å². The topological polar surface area (TPSA) is 59.2 Å². The van der Waals surface area contributed by atoms with Gasteiger partial charge in [-0.25, -0.2) is 0 Å². The van der Waals surface area contributed by atoms with Crippen LogP contribution in [0.2, 0.25) is 0 Å². The van der Waals surface area contributed by atoms with E-state index in [1.54, 1.807) is 0 Å². The molecule has 0 amide bonds. The number of likely N-dealkylation sites (tertiary alicyclic amines) is 1. The molecule has 3 rings (SSSR count). The van der Waals surface area contributed by atoms with Crippen LogP contribution in [-0.2, 0) is 6.42 Å². The van der Waals surface area contributed by atoms with Crippen LogP contribution >= 0.6 is 0 Å². The lowest BCUT2D eigenvalue weighted by atomic mass is 9.94. The third-order valence-corrected chi connectivity index (χ3v) is 4.39. The zero-order valence-electron chi connectivity index (χ0n) is 13.6. The SMILES string of the molecule is Cc1nc(CC2CCCN(CCC(=O)c3ccccc3)C2)no1. The molecule has 1 aromatic heterocycles. The molecule has 0 aliphatic carbocycles. The second-order valence-corrected chi connectivity index (χ2v) is 6.28. The number of carbonyl (C=O) groups is 1. The summed E-state index contributed by atoms with van der Waals surface area (Å²) in [5.74, 6) is 2.20. The lowest BCUT2D eigenvalue weighted by molar-refractivity contribution is 0.0945. The van der Waals surface area contributed by atoms with E-state index in [1.165, 1.54) is 12.8 Å². The molecule has 122 valence electrons. The molecule has 0 N–H and O–H groups in total.